The number of ketones is 2. The molecule has 2 N–H and O–H groups in total. The zero-order valence-electron chi connectivity index (χ0n) is 24.5. The van der Waals surface area contributed by atoms with Gasteiger partial charge >= 0.3 is 5.97 Å². The van der Waals surface area contributed by atoms with Gasteiger partial charge in [0.25, 0.3) is 0 Å². The van der Waals surface area contributed by atoms with Gasteiger partial charge in [-0.15, -0.1) is 0 Å². The maximum absolute atomic E-state index is 14.5. The van der Waals surface area contributed by atoms with Gasteiger partial charge in [-0.3, -0.25) is 9.59 Å². The zero-order chi connectivity index (χ0) is 29.9. The van der Waals surface area contributed by atoms with Crippen molar-refractivity contribution in [1.82, 2.24) is 0 Å². The Kier molecular flexibility index (Phi) is 5.67. The Bertz CT molecular complexity index is 1560. The van der Waals surface area contributed by atoms with Crippen LogP contribution in [0, 0.1) is 11.8 Å². The fraction of sp³-hybridized carbons (Fsp3) is 0.485. The van der Waals surface area contributed by atoms with Crippen molar-refractivity contribution in [1.29, 1.82) is 0 Å². The molecule has 7 rings (SSSR count). The second-order valence-corrected chi connectivity index (χ2v) is 13.2. The first-order valence-electron chi connectivity index (χ1n) is 14.1. The van der Waals surface area contributed by atoms with Gasteiger partial charge < -0.3 is 24.4 Å². The molecule has 1 aromatic carbocycles. The van der Waals surface area contributed by atoms with Gasteiger partial charge in [0.1, 0.15) is 28.4 Å². The van der Waals surface area contributed by atoms with E-state index in [2.05, 4.69) is 0 Å². The van der Waals surface area contributed by atoms with E-state index in [0.717, 1.165) is 5.57 Å². The van der Waals surface area contributed by atoms with Crippen LogP contribution in [0.2, 0.25) is 0 Å². The molecule has 0 radical (unpaired) electrons. The summed E-state index contributed by atoms with van der Waals surface area (Å²) in [5.41, 5.74) is -2.14. The first-order valence-corrected chi connectivity index (χ1v) is 14.1. The van der Waals surface area contributed by atoms with Crippen molar-refractivity contribution in [3.8, 4) is 17.2 Å². The lowest BCUT2D eigenvalue weighted by Gasteiger charge is -2.56. The van der Waals surface area contributed by atoms with Crippen LogP contribution in [0.5, 0.6) is 17.2 Å². The summed E-state index contributed by atoms with van der Waals surface area (Å²) in [6.07, 6.45) is 9.54. The second-order valence-electron chi connectivity index (χ2n) is 13.2. The quantitative estimate of drug-likeness (QED) is 0.357. The molecule has 0 aromatic heterocycles. The van der Waals surface area contributed by atoms with Crippen LogP contribution in [0.25, 0.3) is 6.08 Å². The van der Waals surface area contributed by atoms with Crippen LogP contribution in [0.15, 0.2) is 41.0 Å². The second kappa shape index (κ2) is 8.44. The number of fused-ring (bicyclic) bond motifs is 2. The van der Waals surface area contributed by atoms with Crippen LogP contribution < -0.4 is 9.47 Å². The van der Waals surface area contributed by atoms with Gasteiger partial charge in [0.2, 0.25) is 0 Å². The number of benzene rings is 1. The van der Waals surface area contributed by atoms with Crippen molar-refractivity contribution in [2.75, 3.05) is 0 Å². The molecule has 3 aliphatic heterocycles. The van der Waals surface area contributed by atoms with E-state index in [1.54, 1.807) is 12.2 Å². The molecular weight excluding hydrogens is 524 g/mol. The molecule has 3 heterocycles. The molecule has 1 saturated heterocycles. The van der Waals surface area contributed by atoms with E-state index in [9.17, 15) is 24.6 Å². The molecule has 216 valence electrons. The third-order valence-corrected chi connectivity index (χ3v) is 9.37. The van der Waals surface area contributed by atoms with Crippen LogP contribution in [0.3, 0.4) is 0 Å². The fourth-order valence-corrected chi connectivity index (χ4v) is 7.44. The number of aliphatic carboxylic acids is 1. The minimum absolute atomic E-state index is 0.0513. The summed E-state index contributed by atoms with van der Waals surface area (Å²) in [6.45, 7) is 13.0. The van der Waals surface area contributed by atoms with E-state index in [4.69, 9.17) is 14.2 Å². The third-order valence-electron chi connectivity index (χ3n) is 9.37. The highest BCUT2D eigenvalue weighted by Crippen LogP contribution is 2.68. The molecule has 6 aliphatic rings. The van der Waals surface area contributed by atoms with Crippen LogP contribution in [-0.2, 0) is 20.7 Å². The summed E-state index contributed by atoms with van der Waals surface area (Å²) < 4.78 is 20.1. The van der Waals surface area contributed by atoms with E-state index < -0.39 is 40.1 Å². The molecule has 1 saturated carbocycles. The number of carbonyl (C=O) groups is 3. The number of phenols is 1. The van der Waals surface area contributed by atoms with Gasteiger partial charge in [-0.25, -0.2) is 4.79 Å². The van der Waals surface area contributed by atoms with Crippen molar-refractivity contribution in [3.63, 3.8) is 0 Å². The SMILES string of the molecule is CC(C)=CCc1c2c(c(O)c3c1O[C@]14C(=C[C@@H]5C[C@@H]1C(C)(C)OC4(C/C=C(/C)C(=O)O)C5=O)C3=O)C=CC(C)(C)O2. The minimum atomic E-state index is -1.61. The first kappa shape index (κ1) is 27.5. The number of allylic oxidation sites excluding steroid dienone is 3. The van der Waals surface area contributed by atoms with Gasteiger partial charge in [-0.05, 0) is 73.5 Å². The monoisotopic (exact) mass is 560 g/mol. The molecule has 1 spiro atoms. The topological polar surface area (TPSA) is 119 Å². The Hall–Kier alpha value is -3.65. The van der Waals surface area contributed by atoms with Gasteiger partial charge in [-0.2, -0.15) is 0 Å². The number of Topliss-reactive ketones (excluding diaryl/α,β-unsaturated/α-hetero) is 2. The molecule has 4 atom stereocenters. The number of aromatic hydroxyl groups is 1. The number of carbonyl (C=O) groups excluding carboxylic acids is 2. The first-order chi connectivity index (χ1) is 19.1. The van der Waals surface area contributed by atoms with Gasteiger partial charge in [0, 0.05) is 35.0 Å². The molecule has 3 aliphatic carbocycles. The van der Waals surface area contributed by atoms with Crippen LogP contribution in [0.1, 0.15) is 82.8 Å². The van der Waals surface area contributed by atoms with E-state index >= 15 is 0 Å². The zero-order valence-corrected chi connectivity index (χ0v) is 24.5. The Morgan fingerprint density at radius 2 is 1.78 bits per heavy atom. The summed E-state index contributed by atoms with van der Waals surface area (Å²) in [4.78, 5) is 40.4. The number of carboxylic acids is 1. The molecule has 2 fully saturated rings. The predicted molar refractivity (Wildman–Crippen MR) is 151 cm³/mol. The molecule has 0 amide bonds. The number of hydrogen-bond donors (Lipinski definition) is 2. The van der Waals surface area contributed by atoms with Crippen molar-refractivity contribution in [2.24, 2.45) is 11.8 Å². The summed E-state index contributed by atoms with van der Waals surface area (Å²) in [6, 6.07) is 0. The molecule has 41 heavy (non-hydrogen) atoms. The number of ether oxygens (including phenoxy) is 3. The number of hydrogen-bond acceptors (Lipinski definition) is 7. The average Bonchev–Trinajstić information content (AvgIpc) is 3.03. The Morgan fingerprint density at radius 1 is 1.07 bits per heavy atom. The lowest BCUT2D eigenvalue weighted by molar-refractivity contribution is -0.171. The Balaban J connectivity index is 1.66. The molecule has 4 bridgehead atoms. The lowest BCUT2D eigenvalue weighted by atomic mass is 9.51. The largest absolute Gasteiger partial charge is 0.506 e. The van der Waals surface area contributed by atoms with Crippen molar-refractivity contribution in [3.05, 3.63) is 57.7 Å². The van der Waals surface area contributed by atoms with Crippen molar-refractivity contribution in [2.45, 2.75) is 90.1 Å². The highest BCUT2D eigenvalue weighted by atomic mass is 16.6. The minimum Gasteiger partial charge on any atom is -0.506 e. The maximum atomic E-state index is 14.5. The van der Waals surface area contributed by atoms with Crippen molar-refractivity contribution < 1.29 is 38.8 Å². The number of carboxylic acid groups (broad SMARTS) is 1. The summed E-state index contributed by atoms with van der Waals surface area (Å²) in [5, 5.41) is 21.1. The molecule has 8 heteroatoms. The molecule has 8 nitrogen and oxygen atoms in total. The molecule has 1 aromatic rings. The smallest absolute Gasteiger partial charge is 0.330 e. The van der Waals surface area contributed by atoms with Crippen molar-refractivity contribution >= 4 is 23.6 Å². The Labute approximate surface area is 239 Å². The van der Waals surface area contributed by atoms with Gasteiger partial charge in [0.15, 0.2) is 22.8 Å². The average molecular weight is 561 g/mol. The van der Waals surface area contributed by atoms with E-state index in [1.807, 2.05) is 53.7 Å². The highest BCUT2D eigenvalue weighted by Gasteiger charge is 2.81. The normalized spacial score (nSPS) is 31.4. The standard InChI is InChI=1S/C33H36O8/c1-16(2)8-9-20-26-19(11-12-30(4,5)39-26)24(34)23-25(35)21-14-18-15-22-31(6,7)41-32(28(18)36,13-10-17(3)29(37)38)33(21,22)40-27(20)23/h8,10-12,14,18,22,34H,9,13,15H2,1-7H3,(H,37,38)/b17-10-/t18-,22-,32?,33-/m1/s1. The van der Waals surface area contributed by atoms with E-state index in [0.29, 0.717) is 35.3 Å². The summed E-state index contributed by atoms with van der Waals surface area (Å²) in [7, 11) is 0. The van der Waals surface area contributed by atoms with Crippen LogP contribution >= 0.6 is 0 Å². The predicted octanol–water partition coefficient (Wildman–Crippen LogP) is 5.51. The third kappa shape index (κ3) is 3.52. The summed E-state index contributed by atoms with van der Waals surface area (Å²) >= 11 is 0. The maximum Gasteiger partial charge on any atom is 0.330 e. The number of rotatable bonds is 5. The highest BCUT2D eigenvalue weighted by molar-refractivity contribution is 6.19. The van der Waals surface area contributed by atoms with E-state index in [-0.39, 0.29) is 40.8 Å². The molecule has 1 unspecified atom stereocenters. The summed E-state index contributed by atoms with van der Waals surface area (Å²) in [5.74, 6) is -2.29. The fourth-order valence-electron chi connectivity index (χ4n) is 7.44. The van der Waals surface area contributed by atoms with Crippen LogP contribution in [-0.4, -0.2) is 50.2 Å². The Morgan fingerprint density at radius 3 is 2.44 bits per heavy atom. The molecular formula is C33H36O8. The van der Waals surface area contributed by atoms with Crippen LogP contribution in [0.4, 0.5) is 0 Å². The number of phenolic OH excluding ortho intramolecular Hbond substituents is 1. The van der Waals surface area contributed by atoms with Gasteiger partial charge in [-0.1, -0.05) is 23.8 Å². The van der Waals surface area contributed by atoms with E-state index in [1.165, 1.54) is 13.0 Å². The van der Waals surface area contributed by atoms with Gasteiger partial charge in [0.05, 0.1) is 11.2 Å². The lowest BCUT2D eigenvalue weighted by Crippen LogP contribution is -2.72.